The summed E-state index contributed by atoms with van der Waals surface area (Å²) in [6.45, 7) is 5.48. The van der Waals surface area contributed by atoms with E-state index in [0.717, 1.165) is 11.4 Å². The molecule has 3 N–H and O–H groups in total. The lowest BCUT2D eigenvalue weighted by Crippen LogP contribution is -2.40. The Bertz CT molecular complexity index is 679. The maximum atomic E-state index is 12.4. The summed E-state index contributed by atoms with van der Waals surface area (Å²) in [5.41, 5.74) is 7.79. The molecule has 2 rings (SSSR count). The third-order valence-electron chi connectivity index (χ3n) is 3.49. The van der Waals surface area contributed by atoms with Crippen molar-refractivity contribution in [2.45, 2.75) is 32.9 Å². The largest absolute Gasteiger partial charge is 0.368 e. The second-order valence-corrected chi connectivity index (χ2v) is 5.30. The van der Waals surface area contributed by atoms with Gasteiger partial charge >= 0.3 is 0 Å². The quantitative estimate of drug-likeness (QED) is 0.874. The van der Waals surface area contributed by atoms with E-state index in [9.17, 15) is 9.59 Å². The zero-order chi connectivity index (χ0) is 16.3. The highest BCUT2D eigenvalue weighted by Gasteiger charge is 2.24. The standard InChI is InChI=1S/C16H20N4O2/c1-10-9-11(2)20(19-10)12(3)16(22)18-14(15(17)21)13-7-5-4-6-8-13/h4-9,12,14H,1-3H3,(H2,17,21)(H,18,22). The molecule has 0 saturated heterocycles. The number of nitrogens with zero attached hydrogens (tertiary/aromatic N) is 2. The number of hydrogen-bond acceptors (Lipinski definition) is 3. The van der Waals surface area contributed by atoms with E-state index in [-0.39, 0.29) is 5.91 Å². The summed E-state index contributed by atoms with van der Waals surface area (Å²) in [5.74, 6) is -0.904. The van der Waals surface area contributed by atoms with Gasteiger partial charge in [0, 0.05) is 5.69 Å². The van der Waals surface area contributed by atoms with Crippen LogP contribution in [-0.4, -0.2) is 21.6 Å². The summed E-state index contributed by atoms with van der Waals surface area (Å²) >= 11 is 0. The molecule has 6 heteroatoms. The fourth-order valence-electron chi connectivity index (χ4n) is 2.38. The van der Waals surface area contributed by atoms with Gasteiger partial charge in [-0.05, 0) is 32.4 Å². The van der Waals surface area contributed by atoms with Crippen LogP contribution in [0.4, 0.5) is 0 Å². The highest BCUT2D eigenvalue weighted by atomic mass is 16.2. The molecule has 0 saturated carbocycles. The maximum absolute atomic E-state index is 12.4. The van der Waals surface area contributed by atoms with Crippen LogP contribution in [0.3, 0.4) is 0 Å². The van der Waals surface area contributed by atoms with Gasteiger partial charge in [0.2, 0.25) is 11.8 Å². The Kier molecular flexibility index (Phi) is 4.60. The molecule has 2 aromatic rings. The molecule has 0 aliphatic rings. The van der Waals surface area contributed by atoms with Crippen molar-refractivity contribution < 1.29 is 9.59 Å². The minimum absolute atomic E-state index is 0.307. The van der Waals surface area contributed by atoms with E-state index in [1.54, 1.807) is 35.9 Å². The fraction of sp³-hybridized carbons (Fsp3) is 0.312. The number of nitrogens with two attached hydrogens (primary N) is 1. The monoisotopic (exact) mass is 300 g/mol. The number of carbonyl (C=O) groups is 2. The molecule has 2 atom stereocenters. The Morgan fingerprint density at radius 3 is 2.36 bits per heavy atom. The smallest absolute Gasteiger partial charge is 0.245 e. The van der Waals surface area contributed by atoms with E-state index in [1.165, 1.54) is 0 Å². The number of hydrogen-bond donors (Lipinski definition) is 2. The molecule has 6 nitrogen and oxygen atoms in total. The number of aromatic nitrogens is 2. The third kappa shape index (κ3) is 3.33. The molecule has 116 valence electrons. The van der Waals surface area contributed by atoms with Crippen LogP contribution in [0, 0.1) is 13.8 Å². The van der Waals surface area contributed by atoms with Crippen LogP contribution in [0.1, 0.15) is 36.0 Å². The zero-order valence-electron chi connectivity index (χ0n) is 12.9. The van der Waals surface area contributed by atoms with Gasteiger partial charge in [0.1, 0.15) is 12.1 Å². The molecule has 0 fully saturated rings. The number of benzene rings is 1. The first-order chi connectivity index (χ1) is 10.4. The lowest BCUT2D eigenvalue weighted by atomic mass is 10.1. The highest BCUT2D eigenvalue weighted by molar-refractivity contribution is 5.89. The van der Waals surface area contributed by atoms with Crippen molar-refractivity contribution in [3.63, 3.8) is 0 Å². The minimum atomic E-state index is -0.854. The number of nitrogens with one attached hydrogen (secondary N) is 1. The van der Waals surface area contributed by atoms with Crippen molar-refractivity contribution in [1.82, 2.24) is 15.1 Å². The summed E-state index contributed by atoms with van der Waals surface area (Å²) in [4.78, 5) is 24.1. The summed E-state index contributed by atoms with van der Waals surface area (Å²) < 4.78 is 1.63. The average molecular weight is 300 g/mol. The molecule has 1 aromatic heterocycles. The van der Waals surface area contributed by atoms with Gasteiger partial charge in [-0.3, -0.25) is 14.3 Å². The predicted molar refractivity (Wildman–Crippen MR) is 82.9 cm³/mol. The van der Waals surface area contributed by atoms with Gasteiger partial charge in [-0.25, -0.2) is 0 Å². The number of primary amides is 1. The van der Waals surface area contributed by atoms with Gasteiger partial charge in [0.05, 0.1) is 5.69 Å². The van der Waals surface area contributed by atoms with Crippen molar-refractivity contribution >= 4 is 11.8 Å². The van der Waals surface area contributed by atoms with Crippen LogP contribution in [0.5, 0.6) is 0 Å². The zero-order valence-corrected chi connectivity index (χ0v) is 12.9. The van der Waals surface area contributed by atoms with Crippen molar-refractivity contribution in [2.75, 3.05) is 0 Å². The number of rotatable bonds is 5. The molecule has 0 bridgehead atoms. The van der Waals surface area contributed by atoms with Crippen molar-refractivity contribution in [3.8, 4) is 0 Å². The molecule has 22 heavy (non-hydrogen) atoms. The molecule has 2 unspecified atom stereocenters. The lowest BCUT2D eigenvalue weighted by Gasteiger charge is -2.20. The van der Waals surface area contributed by atoms with Crippen molar-refractivity contribution in [3.05, 3.63) is 53.3 Å². The summed E-state index contributed by atoms with van der Waals surface area (Å²) in [5, 5.41) is 6.99. The Balaban J connectivity index is 2.18. The van der Waals surface area contributed by atoms with Crippen LogP contribution in [0.25, 0.3) is 0 Å². The Morgan fingerprint density at radius 1 is 1.23 bits per heavy atom. The maximum Gasteiger partial charge on any atom is 0.245 e. The van der Waals surface area contributed by atoms with E-state index in [4.69, 9.17) is 5.73 Å². The molecule has 0 aliphatic carbocycles. The molecular formula is C16H20N4O2. The Labute approximate surface area is 129 Å². The normalized spacial score (nSPS) is 13.4. The van der Waals surface area contributed by atoms with Gasteiger partial charge in [-0.1, -0.05) is 30.3 Å². The average Bonchev–Trinajstić information content (AvgIpc) is 2.83. The fourth-order valence-corrected chi connectivity index (χ4v) is 2.38. The second-order valence-electron chi connectivity index (χ2n) is 5.30. The van der Waals surface area contributed by atoms with Crippen LogP contribution >= 0.6 is 0 Å². The predicted octanol–water partition coefficient (Wildman–Crippen LogP) is 1.40. The van der Waals surface area contributed by atoms with Gasteiger partial charge in [0.25, 0.3) is 0 Å². The number of carbonyl (C=O) groups excluding carboxylic acids is 2. The molecule has 0 aliphatic heterocycles. The number of aryl methyl sites for hydroxylation is 2. The summed E-state index contributed by atoms with van der Waals surface area (Å²) in [6, 6.07) is 9.44. The molecular weight excluding hydrogens is 280 g/mol. The highest BCUT2D eigenvalue weighted by Crippen LogP contribution is 2.15. The second kappa shape index (κ2) is 6.43. The van der Waals surface area contributed by atoms with Gasteiger partial charge in [-0.15, -0.1) is 0 Å². The van der Waals surface area contributed by atoms with Crippen LogP contribution < -0.4 is 11.1 Å². The Hall–Kier alpha value is -2.63. The first-order valence-corrected chi connectivity index (χ1v) is 7.07. The molecule has 2 amide bonds. The van der Waals surface area contributed by atoms with Gasteiger partial charge in [0.15, 0.2) is 0 Å². The van der Waals surface area contributed by atoms with E-state index in [0.29, 0.717) is 5.56 Å². The SMILES string of the molecule is Cc1cc(C)n(C(C)C(=O)NC(C(N)=O)c2ccccc2)n1. The summed E-state index contributed by atoms with van der Waals surface area (Å²) in [7, 11) is 0. The van der Waals surface area contributed by atoms with Crippen LogP contribution in [-0.2, 0) is 9.59 Å². The molecule has 0 radical (unpaired) electrons. The van der Waals surface area contributed by atoms with Crippen molar-refractivity contribution in [2.24, 2.45) is 5.73 Å². The third-order valence-corrected chi connectivity index (χ3v) is 3.49. The minimum Gasteiger partial charge on any atom is -0.368 e. The first-order valence-electron chi connectivity index (χ1n) is 7.07. The van der Waals surface area contributed by atoms with Crippen LogP contribution in [0.2, 0.25) is 0 Å². The molecule has 1 heterocycles. The summed E-state index contributed by atoms with van der Waals surface area (Å²) in [6.07, 6.45) is 0. The van der Waals surface area contributed by atoms with E-state index in [1.807, 2.05) is 26.0 Å². The van der Waals surface area contributed by atoms with Gasteiger partial charge < -0.3 is 11.1 Å². The number of amides is 2. The van der Waals surface area contributed by atoms with Crippen molar-refractivity contribution in [1.29, 1.82) is 0 Å². The Morgan fingerprint density at radius 2 is 1.86 bits per heavy atom. The van der Waals surface area contributed by atoms with E-state index < -0.39 is 18.0 Å². The first kappa shape index (κ1) is 15.8. The molecule has 0 spiro atoms. The van der Waals surface area contributed by atoms with E-state index in [2.05, 4.69) is 10.4 Å². The lowest BCUT2D eigenvalue weighted by molar-refractivity contribution is -0.129. The molecule has 1 aromatic carbocycles. The van der Waals surface area contributed by atoms with Crippen LogP contribution in [0.15, 0.2) is 36.4 Å². The van der Waals surface area contributed by atoms with E-state index >= 15 is 0 Å². The van der Waals surface area contributed by atoms with Gasteiger partial charge in [-0.2, -0.15) is 5.10 Å². The topological polar surface area (TPSA) is 90.0 Å².